The molecule has 0 fully saturated rings. The van der Waals surface area contributed by atoms with Gasteiger partial charge < -0.3 is 19.5 Å². The molecule has 1 heterocycles. The van der Waals surface area contributed by atoms with Crippen molar-refractivity contribution in [3.05, 3.63) is 29.3 Å². The lowest BCUT2D eigenvalue weighted by Gasteiger charge is -2.33. The van der Waals surface area contributed by atoms with E-state index >= 15 is 0 Å². The van der Waals surface area contributed by atoms with Crippen LogP contribution in [0, 0.1) is 0 Å². The van der Waals surface area contributed by atoms with Gasteiger partial charge in [-0.05, 0) is 45.9 Å². The number of benzene rings is 1. The van der Waals surface area contributed by atoms with Crippen LogP contribution in [0.1, 0.15) is 43.6 Å². The van der Waals surface area contributed by atoms with Crippen molar-refractivity contribution >= 4 is 5.91 Å². The summed E-state index contributed by atoms with van der Waals surface area (Å²) in [4.78, 5) is 11.6. The van der Waals surface area contributed by atoms with Gasteiger partial charge >= 0.3 is 6.18 Å². The Morgan fingerprint density at radius 1 is 1.12 bits per heavy atom. The average molecular weight is 349 g/mol. The van der Waals surface area contributed by atoms with Crippen LogP contribution in [0.25, 0.3) is 0 Å². The molecule has 0 radical (unpaired) electrons. The Bertz CT molecular complexity index is 591. The standard InChI is InChI=1S/C11H10F3NO2.C5H12O2/c1-10(2)15-9(16)7-4-3-6(11(12,13)14)5-8(7)17-10;1-5(2,6-3)7-4/h3-5H,1-2H3,(H,15,16);1-4H3. The van der Waals surface area contributed by atoms with Crippen molar-refractivity contribution in [2.45, 2.75) is 45.4 Å². The SMILES string of the molecule is CC1(C)NC(=O)c2ccc(C(F)(F)F)cc2O1.COC(C)(C)OC. The molecule has 1 aliphatic heterocycles. The molecule has 2 rings (SSSR count). The predicted octanol–water partition coefficient (Wildman–Crippen LogP) is 3.58. The first-order valence-corrected chi connectivity index (χ1v) is 7.14. The Labute approximate surface area is 139 Å². The Kier molecular flexibility index (Phi) is 5.89. The normalized spacial score (nSPS) is 16.3. The summed E-state index contributed by atoms with van der Waals surface area (Å²) in [6.45, 7) is 6.84. The van der Waals surface area contributed by atoms with Crippen molar-refractivity contribution in [3.8, 4) is 5.75 Å². The van der Waals surface area contributed by atoms with Gasteiger partial charge in [-0.15, -0.1) is 0 Å². The minimum Gasteiger partial charge on any atom is -0.468 e. The number of carbonyl (C=O) groups is 1. The smallest absolute Gasteiger partial charge is 0.416 e. The zero-order valence-electron chi connectivity index (χ0n) is 14.5. The fraction of sp³-hybridized carbons (Fsp3) is 0.562. The molecule has 5 nitrogen and oxygen atoms in total. The van der Waals surface area contributed by atoms with Crippen LogP contribution < -0.4 is 10.1 Å². The molecular formula is C16H22F3NO4. The molecule has 24 heavy (non-hydrogen) atoms. The van der Waals surface area contributed by atoms with E-state index in [4.69, 9.17) is 14.2 Å². The zero-order chi connectivity index (χ0) is 18.8. The van der Waals surface area contributed by atoms with Crippen molar-refractivity contribution in [3.63, 3.8) is 0 Å². The highest BCUT2D eigenvalue weighted by atomic mass is 19.4. The van der Waals surface area contributed by atoms with Gasteiger partial charge in [0, 0.05) is 14.2 Å². The van der Waals surface area contributed by atoms with Gasteiger partial charge in [-0.2, -0.15) is 13.2 Å². The lowest BCUT2D eigenvalue weighted by molar-refractivity contribution is -0.178. The van der Waals surface area contributed by atoms with E-state index in [9.17, 15) is 18.0 Å². The van der Waals surface area contributed by atoms with Crippen molar-refractivity contribution in [2.24, 2.45) is 0 Å². The Hall–Kier alpha value is -1.80. The topological polar surface area (TPSA) is 56.8 Å². The van der Waals surface area contributed by atoms with E-state index in [1.807, 2.05) is 13.8 Å². The van der Waals surface area contributed by atoms with Crippen LogP contribution in [0.15, 0.2) is 18.2 Å². The minimum atomic E-state index is -4.45. The Balaban J connectivity index is 0.000000351. The third kappa shape index (κ3) is 5.38. The van der Waals surface area contributed by atoms with Gasteiger partial charge in [0.25, 0.3) is 5.91 Å². The molecular weight excluding hydrogens is 327 g/mol. The highest BCUT2D eigenvalue weighted by Gasteiger charge is 2.36. The van der Waals surface area contributed by atoms with E-state index in [0.717, 1.165) is 18.2 Å². The van der Waals surface area contributed by atoms with Crippen LogP contribution in [0.4, 0.5) is 13.2 Å². The lowest BCUT2D eigenvalue weighted by atomic mass is 10.1. The molecule has 0 atom stereocenters. The molecule has 0 aromatic heterocycles. The molecule has 1 aromatic rings. The van der Waals surface area contributed by atoms with Crippen LogP contribution in [0.2, 0.25) is 0 Å². The second-order valence-corrected chi connectivity index (χ2v) is 6.08. The van der Waals surface area contributed by atoms with Gasteiger partial charge in [0.1, 0.15) is 5.75 Å². The second kappa shape index (κ2) is 6.98. The summed E-state index contributed by atoms with van der Waals surface area (Å²) in [5.74, 6) is -0.904. The molecule has 136 valence electrons. The molecule has 0 saturated carbocycles. The number of nitrogens with one attached hydrogen (secondary N) is 1. The first kappa shape index (κ1) is 20.2. The second-order valence-electron chi connectivity index (χ2n) is 6.08. The minimum absolute atomic E-state index is 0.0476. The number of carbonyl (C=O) groups excluding carboxylic acids is 1. The molecule has 0 bridgehead atoms. The van der Waals surface area contributed by atoms with Crippen LogP contribution in [0.5, 0.6) is 5.75 Å². The van der Waals surface area contributed by atoms with Gasteiger partial charge in [-0.1, -0.05) is 0 Å². The first-order chi connectivity index (χ1) is 10.8. The predicted molar refractivity (Wildman–Crippen MR) is 81.7 cm³/mol. The Morgan fingerprint density at radius 3 is 2.08 bits per heavy atom. The van der Waals surface area contributed by atoms with E-state index < -0.39 is 29.2 Å². The average Bonchev–Trinajstić information content (AvgIpc) is 2.45. The highest BCUT2D eigenvalue weighted by Crippen LogP contribution is 2.35. The number of amides is 1. The molecule has 0 saturated heterocycles. The van der Waals surface area contributed by atoms with Gasteiger partial charge in [-0.25, -0.2) is 0 Å². The summed E-state index contributed by atoms with van der Waals surface area (Å²) in [6.07, 6.45) is -4.45. The van der Waals surface area contributed by atoms with E-state index in [2.05, 4.69) is 5.32 Å². The maximum Gasteiger partial charge on any atom is 0.416 e. The summed E-state index contributed by atoms with van der Waals surface area (Å²) in [7, 11) is 3.23. The maximum atomic E-state index is 12.5. The van der Waals surface area contributed by atoms with Gasteiger partial charge in [-0.3, -0.25) is 4.79 Å². The number of ether oxygens (including phenoxy) is 3. The van der Waals surface area contributed by atoms with Crippen molar-refractivity contribution in [1.29, 1.82) is 0 Å². The molecule has 0 aliphatic carbocycles. The van der Waals surface area contributed by atoms with Crippen molar-refractivity contribution in [2.75, 3.05) is 14.2 Å². The molecule has 1 aromatic carbocycles. The van der Waals surface area contributed by atoms with Crippen LogP contribution in [-0.4, -0.2) is 31.6 Å². The highest BCUT2D eigenvalue weighted by molar-refractivity contribution is 5.98. The van der Waals surface area contributed by atoms with Crippen molar-refractivity contribution in [1.82, 2.24) is 5.32 Å². The van der Waals surface area contributed by atoms with E-state index in [1.54, 1.807) is 28.1 Å². The number of hydrogen-bond acceptors (Lipinski definition) is 4. The quantitative estimate of drug-likeness (QED) is 0.829. The lowest BCUT2D eigenvalue weighted by Crippen LogP contribution is -2.51. The van der Waals surface area contributed by atoms with Crippen LogP contribution in [0.3, 0.4) is 0 Å². The van der Waals surface area contributed by atoms with Crippen molar-refractivity contribution < 1.29 is 32.2 Å². The fourth-order valence-corrected chi connectivity index (χ4v) is 1.70. The number of halogens is 3. The molecule has 8 heteroatoms. The molecule has 0 spiro atoms. The summed E-state index contributed by atoms with van der Waals surface area (Å²) in [5.41, 5.74) is -1.73. The summed E-state index contributed by atoms with van der Waals surface area (Å²) < 4.78 is 52.5. The monoisotopic (exact) mass is 349 g/mol. The third-order valence-electron chi connectivity index (χ3n) is 3.32. The fourth-order valence-electron chi connectivity index (χ4n) is 1.70. The zero-order valence-corrected chi connectivity index (χ0v) is 14.5. The number of hydrogen-bond donors (Lipinski definition) is 1. The van der Waals surface area contributed by atoms with Crippen LogP contribution >= 0.6 is 0 Å². The molecule has 1 aliphatic rings. The number of rotatable bonds is 2. The maximum absolute atomic E-state index is 12.5. The van der Waals surface area contributed by atoms with Gasteiger partial charge in [0.15, 0.2) is 11.5 Å². The molecule has 1 amide bonds. The summed E-state index contributed by atoms with van der Waals surface area (Å²) >= 11 is 0. The number of methoxy groups -OCH3 is 2. The first-order valence-electron chi connectivity index (χ1n) is 7.14. The van der Waals surface area contributed by atoms with E-state index in [0.29, 0.717) is 0 Å². The van der Waals surface area contributed by atoms with E-state index in [-0.39, 0.29) is 11.3 Å². The van der Waals surface area contributed by atoms with Gasteiger partial charge in [0.2, 0.25) is 0 Å². The molecule has 1 N–H and O–H groups in total. The Morgan fingerprint density at radius 2 is 1.67 bits per heavy atom. The summed E-state index contributed by atoms with van der Waals surface area (Å²) in [6, 6.07) is 2.82. The van der Waals surface area contributed by atoms with E-state index in [1.165, 1.54) is 0 Å². The number of fused-ring (bicyclic) bond motifs is 1. The largest absolute Gasteiger partial charge is 0.468 e. The van der Waals surface area contributed by atoms with Crippen LogP contribution in [-0.2, 0) is 15.7 Å². The third-order valence-corrected chi connectivity index (χ3v) is 3.32. The molecule has 0 unspecified atom stereocenters. The summed E-state index contributed by atoms with van der Waals surface area (Å²) in [5, 5.41) is 2.53. The van der Waals surface area contributed by atoms with Gasteiger partial charge in [0.05, 0.1) is 11.1 Å². The number of alkyl halides is 3.